The largest absolute Gasteiger partial charge is 0.394 e. The number of hydrogen-bond donors (Lipinski definition) is 2. The zero-order valence-electron chi connectivity index (χ0n) is 11.0. The van der Waals surface area contributed by atoms with Gasteiger partial charge in [-0.25, -0.2) is 0 Å². The Kier molecular flexibility index (Phi) is 8.84. The van der Waals surface area contributed by atoms with Gasteiger partial charge in [0.05, 0.1) is 25.9 Å². The van der Waals surface area contributed by atoms with Crippen molar-refractivity contribution in [2.45, 2.75) is 39.8 Å². The molecule has 0 heterocycles. The van der Waals surface area contributed by atoms with Crippen LogP contribution in [0.3, 0.4) is 0 Å². The summed E-state index contributed by atoms with van der Waals surface area (Å²) in [5.74, 6) is 0.834. The molecule has 0 radical (unpaired) electrons. The highest BCUT2D eigenvalue weighted by Crippen LogP contribution is 2.07. The Morgan fingerprint density at radius 3 is 2.19 bits per heavy atom. The Morgan fingerprint density at radius 1 is 1.12 bits per heavy atom. The van der Waals surface area contributed by atoms with Crippen molar-refractivity contribution in [1.29, 1.82) is 0 Å². The van der Waals surface area contributed by atoms with Crippen LogP contribution in [-0.2, 0) is 9.47 Å². The molecule has 0 bridgehead atoms. The van der Waals surface area contributed by atoms with Crippen molar-refractivity contribution in [1.82, 2.24) is 0 Å². The van der Waals surface area contributed by atoms with Crippen molar-refractivity contribution in [3.63, 3.8) is 0 Å². The maximum Gasteiger partial charge on any atom is 0.0959 e. The lowest BCUT2D eigenvalue weighted by atomic mass is 10.0. The van der Waals surface area contributed by atoms with Gasteiger partial charge in [0.2, 0.25) is 0 Å². The summed E-state index contributed by atoms with van der Waals surface area (Å²) >= 11 is 0. The SMILES string of the molecule is CC(C)COCCOC(CO)C(N)C(C)C. The summed E-state index contributed by atoms with van der Waals surface area (Å²) in [5.41, 5.74) is 5.91. The quantitative estimate of drug-likeness (QED) is 0.584. The summed E-state index contributed by atoms with van der Waals surface area (Å²) in [6.45, 7) is 9.99. The van der Waals surface area contributed by atoms with E-state index in [9.17, 15) is 0 Å². The first-order valence-corrected chi connectivity index (χ1v) is 6.04. The number of rotatable bonds is 9. The molecular weight excluding hydrogens is 206 g/mol. The molecule has 0 amide bonds. The molecule has 4 heteroatoms. The normalized spacial score (nSPS) is 15.8. The van der Waals surface area contributed by atoms with Crippen LogP contribution in [0, 0.1) is 11.8 Å². The molecule has 3 N–H and O–H groups in total. The zero-order valence-corrected chi connectivity index (χ0v) is 11.0. The van der Waals surface area contributed by atoms with Crippen LogP contribution in [0.4, 0.5) is 0 Å². The van der Waals surface area contributed by atoms with Crippen molar-refractivity contribution < 1.29 is 14.6 Å². The first kappa shape index (κ1) is 15.8. The highest BCUT2D eigenvalue weighted by molar-refractivity contribution is 4.75. The van der Waals surface area contributed by atoms with Crippen LogP contribution in [0.15, 0.2) is 0 Å². The van der Waals surface area contributed by atoms with Crippen molar-refractivity contribution in [3.8, 4) is 0 Å². The van der Waals surface area contributed by atoms with Gasteiger partial charge < -0.3 is 20.3 Å². The lowest BCUT2D eigenvalue weighted by Crippen LogP contribution is -2.43. The van der Waals surface area contributed by atoms with E-state index in [-0.39, 0.29) is 18.8 Å². The summed E-state index contributed by atoms with van der Waals surface area (Å²) in [4.78, 5) is 0. The minimum absolute atomic E-state index is 0.0382. The minimum Gasteiger partial charge on any atom is -0.394 e. The highest BCUT2D eigenvalue weighted by atomic mass is 16.5. The molecule has 0 aromatic rings. The van der Waals surface area contributed by atoms with E-state index in [4.69, 9.17) is 20.3 Å². The van der Waals surface area contributed by atoms with E-state index in [2.05, 4.69) is 13.8 Å². The standard InChI is InChI=1S/C12H27NO3/c1-9(2)8-15-5-6-16-11(7-14)12(13)10(3)4/h9-12,14H,5-8,13H2,1-4H3. The monoisotopic (exact) mass is 233 g/mol. The first-order valence-electron chi connectivity index (χ1n) is 6.04. The van der Waals surface area contributed by atoms with Crippen LogP contribution in [-0.4, -0.2) is 43.7 Å². The molecule has 0 saturated heterocycles. The Morgan fingerprint density at radius 2 is 1.75 bits per heavy atom. The number of aliphatic hydroxyl groups is 1. The van der Waals surface area contributed by atoms with Gasteiger partial charge in [-0.05, 0) is 11.8 Å². The van der Waals surface area contributed by atoms with E-state index in [1.807, 2.05) is 13.8 Å². The number of aliphatic hydroxyl groups excluding tert-OH is 1. The molecule has 4 nitrogen and oxygen atoms in total. The Labute approximate surface area is 99.1 Å². The van der Waals surface area contributed by atoms with Crippen LogP contribution in [0.25, 0.3) is 0 Å². The topological polar surface area (TPSA) is 64.7 Å². The molecule has 98 valence electrons. The van der Waals surface area contributed by atoms with Crippen LogP contribution in [0.2, 0.25) is 0 Å². The van der Waals surface area contributed by atoms with E-state index < -0.39 is 0 Å². The Hall–Kier alpha value is -0.160. The van der Waals surface area contributed by atoms with E-state index >= 15 is 0 Å². The average molecular weight is 233 g/mol. The van der Waals surface area contributed by atoms with Crippen molar-refractivity contribution >= 4 is 0 Å². The van der Waals surface area contributed by atoms with Gasteiger partial charge in [-0.3, -0.25) is 0 Å². The summed E-state index contributed by atoms with van der Waals surface area (Å²) in [6, 6.07) is -0.130. The van der Waals surface area contributed by atoms with Gasteiger partial charge in [-0.2, -0.15) is 0 Å². The molecular formula is C12H27NO3. The summed E-state index contributed by atoms with van der Waals surface area (Å²) in [5, 5.41) is 9.14. The third kappa shape index (κ3) is 7.17. The maximum atomic E-state index is 9.14. The van der Waals surface area contributed by atoms with Gasteiger partial charge in [0, 0.05) is 12.6 Å². The molecule has 0 aromatic carbocycles. The van der Waals surface area contributed by atoms with Crippen LogP contribution >= 0.6 is 0 Å². The molecule has 0 aromatic heterocycles. The second-order valence-electron chi connectivity index (χ2n) is 4.88. The smallest absolute Gasteiger partial charge is 0.0959 e. The van der Waals surface area contributed by atoms with Crippen LogP contribution in [0.5, 0.6) is 0 Å². The number of hydrogen-bond acceptors (Lipinski definition) is 4. The predicted molar refractivity (Wildman–Crippen MR) is 65.3 cm³/mol. The van der Waals surface area contributed by atoms with E-state index in [1.54, 1.807) is 0 Å². The summed E-state index contributed by atoms with van der Waals surface area (Å²) < 4.78 is 10.9. The van der Waals surface area contributed by atoms with Crippen LogP contribution in [0.1, 0.15) is 27.7 Å². The lowest BCUT2D eigenvalue weighted by Gasteiger charge is -2.25. The molecule has 0 saturated carbocycles. The summed E-state index contributed by atoms with van der Waals surface area (Å²) in [6.07, 6.45) is -0.289. The van der Waals surface area contributed by atoms with Gasteiger partial charge in [-0.1, -0.05) is 27.7 Å². The molecule has 0 aliphatic carbocycles. The molecule has 2 unspecified atom stereocenters. The van der Waals surface area contributed by atoms with Gasteiger partial charge in [0.1, 0.15) is 0 Å². The fourth-order valence-corrected chi connectivity index (χ4v) is 1.29. The third-order valence-corrected chi connectivity index (χ3v) is 2.39. The van der Waals surface area contributed by atoms with E-state index in [1.165, 1.54) is 0 Å². The second kappa shape index (κ2) is 8.93. The van der Waals surface area contributed by atoms with Gasteiger partial charge in [-0.15, -0.1) is 0 Å². The maximum absolute atomic E-state index is 9.14. The van der Waals surface area contributed by atoms with Gasteiger partial charge in [0.25, 0.3) is 0 Å². The van der Waals surface area contributed by atoms with Gasteiger partial charge >= 0.3 is 0 Å². The Bertz CT molecular complexity index is 162. The Balaban J connectivity index is 3.63. The summed E-state index contributed by atoms with van der Waals surface area (Å²) in [7, 11) is 0. The van der Waals surface area contributed by atoms with Crippen molar-refractivity contribution in [3.05, 3.63) is 0 Å². The predicted octanol–water partition coefficient (Wildman–Crippen LogP) is 1.02. The fourth-order valence-electron chi connectivity index (χ4n) is 1.29. The first-order chi connectivity index (χ1) is 7.49. The van der Waals surface area contributed by atoms with Crippen LogP contribution < -0.4 is 5.73 Å². The minimum atomic E-state index is -0.289. The number of ether oxygens (including phenoxy) is 2. The van der Waals surface area contributed by atoms with E-state index in [0.717, 1.165) is 6.61 Å². The molecule has 16 heavy (non-hydrogen) atoms. The van der Waals surface area contributed by atoms with Gasteiger partial charge in [0.15, 0.2) is 0 Å². The molecule has 0 aliphatic rings. The lowest BCUT2D eigenvalue weighted by molar-refractivity contribution is -0.0390. The fraction of sp³-hybridized carbons (Fsp3) is 1.00. The molecule has 0 aliphatic heterocycles. The highest BCUT2D eigenvalue weighted by Gasteiger charge is 2.20. The molecule has 0 rings (SSSR count). The van der Waals surface area contributed by atoms with E-state index in [0.29, 0.717) is 25.0 Å². The zero-order chi connectivity index (χ0) is 12.6. The van der Waals surface area contributed by atoms with Crippen molar-refractivity contribution in [2.75, 3.05) is 26.4 Å². The van der Waals surface area contributed by atoms with Crippen molar-refractivity contribution in [2.24, 2.45) is 17.6 Å². The average Bonchev–Trinajstić information content (AvgIpc) is 2.22. The molecule has 0 fully saturated rings. The number of nitrogens with two attached hydrogens (primary N) is 1. The second-order valence-corrected chi connectivity index (χ2v) is 4.88. The molecule has 0 spiro atoms. The third-order valence-electron chi connectivity index (χ3n) is 2.39. The molecule has 2 atom stereocenters.